The molecule has 0 amide bonds. The molecule has 0 bridgehead atoms. The molecule has 0 saturated heterocycles. The van der Waals surface area contributed by atoms with E-state index in [1.54, 1.807) is 0 Å². The molecule has 0 saturated carbocycles. The fourth-order valence-corrected chi connectivity index (χ4v) is 1.58. The van der Waals surface area contributed by atoms with Gasteiger partial charge in [0, 0.05) is 0 Å². The summed E-state index contributed by atoms with van der Waals surface area (Å²) in [7, 11) is 1.14. The second-order valence-electron chi connectivity index (χ2n) is 2.98. The standard InChI is InChI=1S/C9H7BrF3NO2/c1-4-3-5(8(15)16-2)7(10)14-6(4)9(11,12)13/h3H,1-2H3. The second-order valence-corrected chi connectivity index (χ2v) is 3.73. The number of methoxy groups -OCH3 is 1. The quantitative estimate of drug-likeness (QED) is 0.591. The van der Waals surface area contributed by atoms with Crippen LogP contribution in [0.3, 0.4) is 0 Å². The molecule has 0 atom stereocenters. The van der Waals surface area contributed by atoms with Crippen LogP contribution in [0.1, 0.15) is 21.6 Å². The summed E-state index contributed by atoms with van der Waals surface area (Å²) in [5.41, 5.74) is -1.18. The van der Waals surface area contributed by atoms with Crippen molar-refractivity contribution in [3.05, 3.63) is 27.5 Å². The van der Waals surface area contributed by atoms with E-state index in [0.29, 0.717) is 0 Å². The van der Waals surface area contributed by atoms with Gasteiger partial charge in [-0.2, -0.15) is 13.2 Å². The van der Waals surface area contributed by atoms with Gasteiger partial charge >= 0.3 is 12.1 Å². The summed E-state index contributed by atoms with van der Waals surface area (Å²) in [5.74, 6) is -0.740. The lowest BCUT2D eigenvalue weighted by Crippen LogP contribution is -2.13. The largest absolute Gasteiger partial charge is 0.465 e. The Labute approximate surface area is 97.8 Å². The van der Waals surface area contributed by atoms with Crippen LogP contribution in [-0.4, -0.2) is 18.1 Å². The average Bonchev–Trinajstić information content (AvgIpc) is 2.18. The first-order valence-corrected chi connectivity index (χ1v) is 4.89. The third-order valence-corrected chi connectivity index (χ3v) is 2.44. The zero-order valence-corrected chi connectivity index (χ0v) is 9.94. The van der Waals surface area contributed by atoms with Gasteiger partial charge in [-0.15, -0.1) is 0 Å². The van der Waals surface area contributed by atoms with Gasteiger partial charge in [-0.05, 0) is 34.5 Å². The van der Waals surface area contributed by atoms with Gasteiger partial charge in [-0.25, -0.2) is 9.78 Å². The third-order valence-electron chi connectivity index (χ3n) is 1.84. The van der Waals surface area contributed by atoms with Crippen molar-refractivity contribution in [2.24, 2.45) is 0 Å². The number of hydrogen-bond donors (Lipinski definition) is 0. The van der Waals surface area contributed by atoms with Crippen molar-refractivity contribution in [2.75, 3.05) is 7.11 Å². The number of esters is 1. The van der Waals surface area contributed by atoms with Crippen LogP contribution in [0.25, 0.3) is 0 Å². The molecule has 0 unspecified atom stereocenters. The minimum Gasteiger partial charge on any atom is -0.465 e. The number of nitrogens with zero attached hydrogens (tertiary/aromatic N) is 1. The SMILES string of the molecule is COC(=O)c1cc(C)c(C(F)(F)F)nc1Br. The number of carbonyl (C=O) groups excluding carboxylic acids is 1. The lowest BCUT2D eigenvalue weighted by molar-refractivity contribution is -0.141. The summed E-state index contributed by atoms with van der Waals surface area (Å²) in [4.78, 5) is 14.5. The maximum Gasteiger partial charge on any atom is 0.433 e. The molecule has 3 nitrogen and oxygen atoms in total. The summed E-state index contributed by atoms with van der Waals surface area (Å²) < 4.78 is 41.6. The maximum atomic E-state index is 12.4. The van der Waals surface area contributed by atoms with Crippen molar-refractivity contribution >= 4 is 21.9 Å². The number of halogens is 4. The first-order chi connectivity index (χ1) is 7.27. The number of hydrogen-bond acceptors (Lipinski definition) is 3. The van der Waals surface area contributed by atoms with Crippen molar-refractivity contribution in [3.8, 4) is 0 Å². The molecule has 0 radical (unpaired) electrons. The number of alkyl halides is 3. The van der Waals surface area contributed by atoms with E-state index in [-0.39, 0.29) is 15.7 Å². The molecule has 0 N–H and O–H groups in total. The molecule has 1 heterocycles. The smallest absolute Gasteiger partial charge is 0.433 e. The van der Waals surface area contributed by atoms with E-state index in [1.807, 2.05) is 0 Å². The number of rotatable bonds is 1. The summed E-state index contributed by atoms with van der Waals surface area (Å²) in [5, 5.41) is 0. The fraction of sp³-hybridized carbons (Fsp3) is 0.333. The summed E-state index contributed by atoms with van der Waals surface area (Å²) in [6, 6.07) is 1.09. The van der Waals surface area contributed by atoms with Crippen molar-refractivity contribution < 1.29 is 22.7 Å². The number of ether oxygens (including phenoxy) is 1. The molecule has 1 rings (SSSR count). The highest BCUT2D eigenvalue weighted by Gasteiger charge is 2.35. The van der Waals surface area contributed by atoms with Gasteiger partial charge in [0.25, 0.3) is 0 Å². The summed E-state index contributed by atoms with van der Waals surface area (Å²) >= 11 is 2.80. The average molecular weight is 298 g/mol. The van der Waals surface area contributed by atoms with Crippen LogP contribution < -0.4 is 0 Å². The van der Waals surface area contributed by atoms with Crippen molar-refractivity contribution in [2.45, 2.75) is 13.1 Å². The first-order valence-electron chi connectivity index (χ1n) is 4.10. The predicted molar refractivity (Wildman–Crippen MR) is 53.0 cm³/mol. The van der Waals surface area contributed by atoms with E-state index >= 15 is 0 Å². The van der Waals surface area contributed by atoms with Crippen molar-refractivity contribution in [3.63, 3.8) is 0 Å². The van der Waals surface area contributed by atoms with Crippen molar-refractivity contribution in [1.29, 1.82) is 0 Å². The Morgan fingerprint density at radius 3 is 2.50 bits per heavy atom. The van der Waals surface area contributed by atoms with E-state index < -0.39 is 17.8 Å². The molecule has 88 valence electrons. The Balaban J connectivity index is 3.33. The maximum absolute atomic E-state index is 12.4. The van der Waals surface area contributed by atoms with E-state index in [2.05, 4.69) is 25.7 Å². The third kappa shape index (κ3) is 2.52. The topological polar surface area (TPSA) is 39.2 Å². The molecule has 0 spiro atoms. The van der Waals surface area contributed by atoms with Crippen LogP contribution in [0.2, 0.25) is 0 Å². The predicted octanol–water partition coefficient (Wildman–Crippen LogP) is 2.96. The van der Waals surface area contributed by atoms with Gasteiger partial charge in [0.15, 0.2) is 0 Å². The van der Waals surface area contributed by atoms with Crippen LogP contribution in [0, 0.1) is 6.92 Å². The Bertz CT molecular complexity index is 431. The van der Waals surface area contributed by atoms with Crippen LogP contribution in [0.15, 0.2) is 10.7 Å². The monoisotopic (exact) mass is 297 g/mol. The lowest BCUT2D eigenvalue weighted by Gasteiger charge is -2.11. The molecular weight excluding hydrogens is 291 g/mol. The highest BCUT2D eigenvalue weighted by atomic mass is 79.9. The fourth-order valence-electron chi connectivity index (χ4n) is 1.13. The van der Waals surface area contributed by atoms with E-state index in [0.717, 1.165) is 13.2 Å². The minimum atomic E-state index is -4.54. The molecule has 1 aromatic rings. The number of aryl methyl sites for hydroxylation is 1. The molecule has 0 aliphatic carbocycles. The molecule has 0 aliphatic heterocycles. The van der Waals surface area contributed by atoms with Gasteiger partial charge in [0.2, 0.25) is 0 Å². The molecule has 0 aromatic carbocycles. The Morgan fingerprint density at radius 2 is 2.06 bits per heavy atom. The Hall–Kier alpha value is -1.11. The van der Waals surface area contributed by atoms with Gasteiger partial charge in [-0.3, -0.25) is 0 Å². The number of carbonyl (C=O) groups is 1. The highest BCUT2D eigenvalue weighted by molar-refractivity contribution is 9.10. The zero-order chi connectivity index (χ0) is 12.5. The van der Waals surface area contributed by atoms with Crippen LogP contribution in [0.5, 0.6) is 0 Å². The van der Waals surface area contributed by atoms with E-state index in [9.17, 15) is 18.0 Å². The van der Waals surface area contributed by atoms with E-state index in [4.69, 9.17) is 0 Å². The van der Waals surface area contributed by atoms with Gasteiger partial charge in [0.05, 0.1) is 12.7 Å². The summed E-state index contributed by atoms with van der Waals surface area (Å²) in [6.45, 7) is 1.23. The van der Waals surface area contributed by atoms with Gasteiger partial charge in [-0.1, -0.05) is 0 Å². The first kappa shape index (κ1) is 13.0. The second kappa shape index (κ2) is 4.40. The molecule has 16 heavy (non-hydrogen) atoms. The highest BCUT2D eigenvalue weighted by Crippen LogP contribution is 2.32. The molecule has 0 fully saturated rings. The lowest BCUT2D eigenvalue weighted by atomic mass is 10.1. The van der Waals surface area contributed by atoms with Crippen LogP contribution in [0.4, 0.5) is 13.2 Å². The molecular formula is C9H7BrF3NO2. The molecule has 7 heteroatoms. The summed E-state index contributed by atoms with van der Waals surface area (Å²) in [6.07, 6.45) is -4.54. The van der Waals surface area contributed by atoms with E-state index in [1.165, 1.54) is 6.92 Å². The van der Waals surface area contributed by atoms with Gasteiger partial charge in [0.1, 0.15) is 10.3 Å². The Morgan fingerprint density at radius 1 is 1.50 bits per heavy atom. The Kier molecular flexibility index (Phi) is 3.57. The molecule has 0 aliphatic rings. The van der Waals surface area contributed by atoms with Crippen molar-refractivity contribution in [1.82, 2.24) is 4.98 Å². The van der Waals surface area contributed by atoms with Gasteiger partial charge < -0.3 is 4.74 Å². The number of aromatic nitrogens is 1. The minimum absolute atomic E-state index is 0.0343. The van der Waals surface area contributed by atoms with Crippen LogP contribution >= 0.6 is 15.9 Å². The molecule has 1 aromatic heterocycles. The normalized spacial score (nSPS) is 11.4. The zero-order valence-electron chi connectivity index (χ0n) is 8.35. The van der Waals surface area contributed by atoms with Crippen LogP contribution in [-0.2, 0) is 10.9 Å². The number of pyridine rings is 1.